The molecule has 1 aromatic heterocycles. The molecule has 1 aliphatic rings. The van der Waals surface area contributed by atoms with E-state index in [2.05, 4.69) is 20.6 Å². The van der Waals surface area contributed by atoms with Crippen molar-refractivity contribution < 1.29 is 32.5 Å². The molecule has 8 nitrogen and oxygen atoms in total. The van der Waals surface area contributed by atoms with E-state index in [9.17, 15) is 23.1 Å². The Kier molecular flexibility index (Phi) is 5.66. The highest BCUT2D eigenvalue weighted by Crippen LogP contribution is 2.38. The number of anilines is 2. The number of carbonyl (C=O) groups is 1. The monoisotopic (exact) mass is 466 g/mol. The normalized spacial score (nSPS) is 12.9. The van der Waals surface area contributed by atoms with Crippen LogP contribution in [0, 0.1) is 0 Å². The first kappa shape index (κ1) is 21.5. The topological polar surface area (TPSA) is 106 Å². The Morgan fingerprint density at radius 2 is 2.03 bits per heavy atom. The van der Waals surface area contributed by atoms with Gasteiger partial charge in [0.1, 0.15) is 24.4 Å². The van der Waals surface area contributed by atoms with Gasteiger partial charge >= 0.3 is 6.18 Å². The van der Waals surface area contributed by atoms with E-state index in [1.165, 1.54) is 24.5 Å². The van der Waals surface area contributed by atoms with Crippen molar-refractivity contribution in [1.82, 2.24) is 9.97 Å². The fraction of sp³-hybridized carbons (Fsp3) is 0.150. The maximum atomic E-state index is 13.0. The molecule has 3 aromatic rings. The van der Waals surface area contributed by atoms with E-state index in [1.807, 2.05) is 0 Å². The number of ether oxygens (including phenoxy) is 2. The summed E-state index contributed by atoms with van der Waals surface area (Å²) in [6.07, 6.45) is -3.42. The van der Waals surface area contributed by atoms with Crippen LogP contribution in [0.4, 0.5) is 24.7 Å². The molecule has 2 heterocycles. The molecule has 0 spiro atoms. The molecule has 2 aromatic carbocycles. The second kappa shape index (κ2) is 8.42. The average Bonchev–Trinajstić information content (AvgIpc) is 2.74. The predicted octanol–water partition coefficient (Wildman–Crippen LogP) is 4.70. The van der Waals surface area contributed by atoms with Crippen LogP contribution in [0.25, 0.3) is 0 Å². The van der Waals surface area contributed by atoms with Gasteiger partial charge in [-0.15, -0.1) is 0 Å². The number of phenols is 1. The zero-order valence-corrected chi connectivity index (χ0v) is 16.8. The van der Waals surface area contributed by atoms with Crippen LogP contribution in [0.15, 0.2) is 42.7 Å². The molecule has 1 aliphatic heterocycles. The maximum absolute atomic E-state index is 13.0. The molecule has 0 radical (unpaired) electrons. The summed E-state index contributed by atoms with van der Waals surface area (Å²) in [5.41, 5.74) is -1.29. The maximum Gasteiger partial charge on any atom is 0.416 e. The van der Waals surface area contributed by atoms with Gasteiger partial charge in [-0.1, -0.05) is 11.6 Å². The quantitative estimate of drug-likeness (QED) is 0.511. The lowest BCUT2D eigenvalue weighted by atomic mass is 10.1. The number of amides is 1. The Labute approximate surface area is 184 Å². The van der Waals surface area contributed by atoms with Crippen LogP contribution < -0.4 is 20.1 Å². The van der Waals surface area contributed by atoms with Gasteiger partial charge in [-0.3, -0.25) is 4.79 Å². The van der Waals surface area contributed by atoms with Crippen molar-refractivity contribution >= 4 is 29.0 Å². The van der Waals surface area contributed by atoms with Gasteiger partial charge in [-0.05, 0) is 30.3 Å². The summed E-state index contributed by atoms with van der Waals surface area (Å²) >= 11 is 6.17. The van der Waals surface area contributed by atoms with Gasteiger partial charge in [0, 0.05) is 17.3 Å². The van der Waals surface area contributed by atoms with Crippen molar-refractivity contribution in [3.63, 3.8) is 0 Å². The first-order chi connectivity index (χ1) is 15.2. The largest absolute Gasteiger partial charge is 0.508 e. The Bertz CT molecular complexity index is 1190. The van der Waals surface area contributed by atoms with Crippen LogP contribution in [-0.4, -0.2) is 34.1 Å². The molecule has 3 N–H and O–H groups in total. The lowest BCUT2D eigenvalue weighted by Gasteiger charge is -2.19. The molecule has 0 atom stereocenters. The summed E-state index contributed by atoms with van der Waals surface area (Å²) in [7, 11) is 0. The lowest BCUT2D eigenvalue weighted by molar-refractivity contribution is -0.137. The number of carbonyl (C=O) groups excluding carboxylic acids is 1. The number of benzene rings is 2. The number of hydrogen-bond donors (Lipinski definition) is 3. The average molecular weight is 467 g/mol. The summed E-state index contributed by atoms with van der Waals surface area (Å²) in [5.74, 6) is -0.518. The molecular formula is C20H14ClF3N4O4. The van der Waals surface area contributed by atoms with Crippen LogP contribution in [0.1, 0.15) is 15.9 Å². The molecular weight excluding hydrogens is 453 g/mol. The molecule has 0 bridgehead atoms. The second-order valence-electron chi connectivity index (χ2n) is 6.60. The van der Waals surface area contributed by atoms with Gasteiger partial charge < -0.3 is 25.2 Å². The summed E-state index contributed by atoms with van der Waals surface area (Å²) in [6.45, 7) is 0.932. The molecule has 4 rings (SSSR count). The third-order valence-electron chi connectivity index (χ3n) is 4.32. The zero-order chi connectivity index (χ0) is 22.9. The first-order valence-electron chi connectivity index (χ1n) is 9.12. The summed E-state index contributed by atoms with van der Waals surface area (Å²) in [4.78, 5) is 20.7. The highest BCUT2D eigenvalue weighted by molar-refractivity contribution is 6.32. The minimum absolute atomic E-state index is 0.0447. The number of fused-ring (bicyclic) bond motifs is 1. The van der Waals surface area contributed by atoms with E-state index in [0.29, 0.717) is 31.1 Å². The second-order valence-corrected chi connectivity index (χ2v) is 7.01. The molecule has 0 unspecified atom stereocenters. The molecule has 0 fully saturated rings. The number of aromatic nitrogens is 2. The molecule has 12 heteroatoms. The van der Waals surface area contributed by atoms with Crippen molar-refractivity contribution in [3.05, 3.63) is 58.9 Å². The third kappa shape index (κ3) is 4.62. The van der Waals surface area contributed by atoms with Gasteiger partial charge in [-0.25, -0.2) is 4.98 Å². The third-order valence-corrected chi connectivity index (χ3v) is 4.63. The van der Waals surface area contributed by atoms with Gasteiger partial charge in [0.2, 0.25) is 5.75 Å². The molecule has 0 saturated heterocycles. The molecule has 0 saturated carbocycles. The Morgan fingerprint density at radius 1 is 1.22 bits per heavy atom. The summed E-state index contributed by atoms with van der Waals surface area (Å²) in [5, 5.41) is 15.1. The van der Waals surface area contributed by atoms with E-state index in [1.54, 1.807) is 0 Å². The van der Waals surface area contributed by atoms with Gasteiger partial charge in [-0.2, -0.15) is 18.2 Å². The minimum Gasteiger partial charge on any atom is -0.508 e. The van der Waals surface area contributed by atoms with E-state index >= 15 is 0 Å². The van der Waals surface area contributed by atoms with Gasteiger partial charge in [0.05, 0.1) is 17.1 Å². The van der Waals surface area contributed by atoms with E-state index in [-0.39, 0.29) is 33.7 Å². The van der Waals surface area contributed by atoms with Gasteiger partial charge in [0.15, 0.2) is 5.82 Å². The molecule has 0 aliphatic carbocycles. The smallest absolute Gasteiger partial charge is 0.416 e. The Morgan fingerprint density at radius 3 is 2.81 bits per heavy atom. The summed E-state index contributed by atoms with van der Waals surface area (Å²) in [6, 6.07) is 6.33. The standard InChI is InChI=1S/C20H14ClF3N4O4/c21-14-2-1-10(18(30)28-12-6-11(20(22,23)24)7-13(29)8-12)5-15(14)32-19-16-17(26-9-27-19)25-3-4-31-16/h1-2,5-9,29H,3-4H2,(H,28,30)(H,25,26,27). The Hall–Kier alpha value is -3.73. The van der Waals surface area contributed by atoms with E-state index in [0.717, 1.165) is 6.07 Å². The summed E-state index contributed by atoms with van der Waals surface area (Å²) < 4.78 is 50.1. The van der Waals surface area contributed by atoms with Crippen molar-refractivity contribution in [2.75, 3.05) is 23.8 Å². The molecule has 32 heavy (non-hydrogen) atoms. The van der Waals surface area contributed by atoms with Gasteiger partial charge in [0.25, 0.3) is 11.8 Å². The number of aromatic hydroxyl groups is 1. The number of nitrogens with zero attached hydrogens (tertiary/aromatic N) is 2. The number of hydrogen-bond acceptors (Lipinski definition) is 7. The number of phenolic OH excluding ortho intramolecular Hbond substituents is 1. The SMILES string of the molecule is O=C(Nc1cc(O)cc(C(F)(F)F)c1)c1ccc(Cl)c(Oc2ncnc3c2OCCN3)c1. The number of rotatable bonds is 4. The van der Waals surface area contributed by atoms with E-state index in [4.69, 9.17) is 21.1 Å². The number of halogens is 4. The van der Waals surface area contributed by atoms with Crippen LogP contribution in [0.3, 0.4) is 0 Å². The fourth-order valence-electron chi connectivity index (χ4n) is 2.89. The Balaban J connectivity index is 1.58. The van der Waals surface area contributed by atoms with Crippen molar-refractivity contribution in [2.45, 2.75) is 6.18 Å². The molecule has 1 amide bonds. The van der Waals surface area contributed by atoms with Crippen molar-refractivity contribution in [3.8, 4) is 23.1 Å². The van der Waals surface area contributed by atoms with Crippen molar-refractivity contribution in [2.24, 2.45) is 0 Å². The fourth-order valence-corrected chi connectivity index (χ4v) is 3.04. The first-order valence-corrected chi connectivity index (χ1v) is 9.50. The van der Waals surface area contributed by atoms with Crippen molar-refractivity contribution in [1.29, 1.82) is 0 Å². The number of nitrogens with one attached hydrogen (secondary N) is 2. The lowest BCUT2D eigenvalue weighted by Crippen LogP contribution is -2.19. The van der Waals surface area contributed by atoms with E-state index < -0.39 is 23.4 Å². The number of alkyl halides is 3. The predicted molar refractivity (Wildman–Crippen MR) is 109 cm³/mol. The van der Waals surface area contributed by atoms with Crippen LogP contribution >= 0.6 is 11.6 Å². The van der Waals surface area contributed by atoms with Crippen LogP contribution in [0.5, 0.6) is 23.1 Å². The zero-order valence-electron chi connectivity index (χ0n) is 16.0. The minimum atomic E-state index is -4.69. The van der Waals surface area contributed by atoms with Crippen LogP contribution in [0.2, 0.25) is 5.02 Å². The van der Waals surface area contributed by atoms with Crippen LogP contribution in [-0.2, 0) is 6.18 Å². The highest BCUT2D eigenvalue weighted by Gasteiger charge is 2.31. The molecule has 166 valence electrons. The highest BCUT2D eigenvalue weighted by atomic mass is 35.5.